The molecule has 3 heterocycles. The van der Waals surface area contributed by atoms with Gasteiger partial charge in [-0.25, -0.2) is 0 Å². The lowest BCUT2D eigenvalue weighted by Crippen LogP contribution is -2.62. The minimum absolute atomic E-state index is 0.0763. The van der Waals surface area contributed by atoms with E-state index in [0.29, 0.717) is 17.6 Å². The summed E-state index contributed by atoms with van der Waals surface area (Å²) in [5.41, 5.74) is 4.61. The minimum Gasteiger partial charge on any atom is -0.395 e. The molecule has 0 saturated carbocycles. The summed E-state index contributed by atoms with van der Waals surface area (Å²) in [6.45, 7) is 5.01. The first-order chi connectivity index (χ1) is 16.2. The van der Waals surface area contributed by atoms with Crippen LogP contribution in [0, 0.1) is 6.92 Å². The van der Waals surface area contributed by atoms with Crippen molar-refractivity contribution in [2.75, 3.05) is 26.2 Å². The van der Waals surface area contributed by atoms with E-state index in [-0.39, 0.29) is 12.5 Å². The first-order valence-electron chi connectivity index (χ1n) is 11.8. The molecule has 2 atom stereocenters. The van der Waals surface area contributed by atoms with Gasteiger partial charge in [-0.15, -0.1) is 0 Å². The number of pyridine rings is 1. The van der Waals surface area contributed by atoms with Crippen LogP contribution in [-0.4, -0.2) is 64.1 Å². The van der Waals surface area contributed by atoms with Crippen molar-refractivity contribution < 1.29 is 9.90 Å². The van der Waals surface area contributed by atoms with Gasteiger partial charge in [0.1, 0.15) is 0 Å². The van der Waals surface area contributed by atoms with E-state index >= 15 is 0 Å². The van der Waals surface area contributed by atoms with Crippen molar-refractivity contribution >= 4 is 5.91 Å². The lowest BCUT2D eigenvalue weighted by atomic mass is 9.91. The molecule has 33 heavy (non-hydrogen) atoms. The van der Waals surface area contributed by atoms with Gasteiger partial charge >= 0.3 is 0 Å². The van der Waals surface area contributed by atoms with Gasteiger partial charge in [-0.05, 0) is 61.6 Å². The number of aryl methyl sites for hydroxylation is 1. The molecule has 5 nitrogen and oxygen atoms in total. The highest BCUT2D eigenvalue weighted by molar-refractivity contribution is 5.93. The van der Waals surface area contributed by atoms with E-state index in [1.54, 1.807) is 18.5 Å². The monoisotopic (exact) mass is 443 g/mol. The molecule has 5 heteroatoms. The van der Waals surface area contributed by atoms with E-state index in [1.807, 2.05) is 17.0 Å². The third kappa shape index (κ3) is 5.67. The fourth-order valence-electron chi connectivity index (χ4n) is 4.78. The Balaban J connectivity index is 0.000000172. The van der Waals surface area contributed by atoms with Crippen LogP contribution in [0.3, 0.4) is 0 Å². The average molecular weight is 444 g/mol. The van der Waals surface area contributed by atoms with E-state index in [2.05, 4.69) is 65.3 Å². The number of fused-ring (bicyclic) bond motifs is 1. The number of amides is 1. The molecule has 172 valence electrons. The Kier molecular flexibility index (Phi) is 7.87. The minimum atomic E-state index is 0.0763. The maximum absolute atomic E-state index is 12.5. The number of aromatic nitrogens is 1. The predicted molar refractivity (Wildman–Crippen MR) is 132 cm³/mol. The van der Waals surface area contributed by atoms with Gasteiger partial charge in [0.25, 0.3) is 5.91 Å². The van der Waals surface area contributed by atoms with Crippen molar-refractivity contribution in [2.24, 2.45) is 0 Å². The molecule has 3 aromatic rings. The highest BCUT2D eigenvalue weighted by atomic mass is 16.3. The molecule has 2 aromatic carbocycles. The van der Waals surface area contributed by atoms with Gasteiger partial charge in [-0.1, -0.05) is 54.6 Å². The highest BCUT2D eigenvalue weighted by Crippen LogP contribution is 2.28. The Labute approximate surface area is 196 Å². The normalized spacial score (nSPS) is 20.4. The molecule has 5 rings (SSSR count). The molecule has 1 N–H and O–H groups in total. The number of carbonyl (C=O) groups excluding carboxylic acids is 1. The smallest absolute Gasteiger partial charge is 0.255 e. The van der Waals surface area contributed by atoms with Crippen molar-refractivity contribution in [3.8, 4) is 11.1 Å². The summed E-state index contributed by atoms with van der Waals surface area (Å²) < 4.78 is 0. The topological polar surface area (TPSA) is 56.7 Å². The molecule has 1 amide bonds. The van der Waals surface area contributed by atoms with E-state index in [9.17, 15) is 9.90 Å². The van der Waals surface area contributed by atoms with Gasteiger partial charge in [-0.3, -0.25) is 14.7 Å². The number of carbonyl (C=O) groups is 1. The SMILES string of the molecule is Cc1ccccc1-c1ccccc1.O=C(c1cccnc1)N1CCCCN2[C@H](CO)C[C@@H]2C1. The van der Waals surface area contributed by atoms with Crippen LogP contribution in [0.4, 0.5) is 0 Å². The summed E-state index contributed by atoms with van der Waals surface area (Å²) in [5, 5.41) is 9.31. The van der Waals surface area contributed by atoms with Crippen LogP contribution < -0.4 is 0 Å². The molecule has 1 aromatic heterocycles. The first kappa shape index (κ1) is 23.1. The molecular weight excluding hydrogens is 410 g/mol. The number of hydrogen-bond acceptors (Lipinski definition) is 4. The Bertz CT molecular complexity index is 1030. The van der Waals surface area contributed by atoms with Gasteiger partial charge in [0.2, 0.25) is 0 Å². The Morgan fingerprint density at radius 2 is 1.76 bits per heavy atom. The Morgan fingerprint density at radius 3 is 2.48 bits per heavy atom. The van der Waals surface area contributed by atoms with Crippen LogP contribution in [-0.2, 0) is 0 Å². The largest absolute Gasteiger partial charge is 0.395 e. The lowest BCUT2D eigenvalue weighted by Gasteiger charge is -2.50. The number of rotatable bonds is 3. The number of aliphatic hydroxyl groups excluding tert-OH is 1. The lowest BCUT2D eigenvalue weighted by molar-refractivity contribution is -0.0373. The van der Waals surface area contributed by atoms with Crippen molar-refractivity contribution in [2.45, 2.75) is 38.3 Å². The van der Waals surface area contributed by atoms with Crippen molar-refractivity contribution in [1.82, 2.24) is 14.8 Å². The number of benzene rings is 2. The molecule has 0 radical (unpaired) electrons. The summed E-state index contributed by atoms with van der Waals surface area (Å²) in [6, 6.07) is 23.2. The summed E-state index contributed by atoms with van der Waals surface area (Å²) in [7, 11) is 0. The average Bonchev–Trinajstić information content (AvgIpc) is 2.85. The third-order valence-corrected chi connectivity index (χ3v) is 6.64. The first-order valence-corrected chi connectivity index (χ1v) is 11.8. The maximum atomic E-state index is 12.5. The predicted octanol–water partition coefficient (Wildman–Crippen LogP) is 4.41. The van der Waals surface area contributed by atoms with Gasteiger partial charge in [0, 0.05) is 37.6 Å². The molecular formula is C28H33N3O2. The van der Waals surface area contributed by atoms with Crippen LogP contribution in [0.2, 0.25) is 0 Å². The van der Waals surface area contributed by atoms with Crippen molar-refractivity contribution in [3.05, 3.63) is 90.3 Å². The van der Waals surface area contributed by atoms with Gasteiger partial charge in [0.15, 0.2) is 0 Å². The second-order valence-electron chi connectivity index (χ2n) is 8.84. The molecule has 2 fully saturated rings. The zero-order valence-corrected chi connectivity index (χ0v) is 19.3. The fraction of sp³-hybridized carbons (Fsp3) is 0.357. The van der Waals surface area contributed by atoms with Gasteiger partial charge < -0.3 is 10.0 Å². The molecule has 0 unspecified atom stereocenters. The molecule has 0 spiro atoms. The zero-order chi connectivity index (χ0) is 23.0. The van der Waals surface area contributed by atoms with E-state index in [0.717, 1.165) is 38.9 Å². The fourth-order valence-corrected chi connectivity index (χ4v) is 4.78. The van der Waals surface area contributed by atoms with Crippen LogP contribution in [0.25, 0.3) is 11.1 Å². The van der Waals surface area contributed by atoms with Crippen LogP contribution in [0.1, 0.15) is 35.2 Å². The summed E-state index contributed by atoms with van der Waals surface area (Å²) in [4.78, 5) is 20.8. The van der Waals surface area contributed by atoms with Crippen LogP contribution in [0.5, 0.6) is 0 Å². The highest BCUT2D eigenvalue weighted by Gasteiger charge is 2.39. The summed E-state index contributed by atoms with van der Waals surface area (Å²) >= 11 is 0. The van der Waals surface area contributed by atoms with Crippen molar-refractivity contribution in [3.63, 3.8) is 0 Å². The second kappa shape index (κ2) is 11.2. The van der Waals surface area contributed by atoms with Gasteiger partial charge in [0.05, 0.1) is 12.2 Å². The Hall–Kier alpha value is -3.02. The second-order valence-corrected chi connectivity index (χ2v) is 8.84. The Morgan fingerprint density at radius 1 is 1.00 bits per heavy atom. The standard InChI is InChI=1S/C15H21N3O2.C13H12/c19-11-14-8-13-10-17(6-1-2-7-18(13)14)15(20)12-4-3-5-16-9-12;1-11-7-5-6-10-13(11)12-8-3-2-4-9-12/h3-5,9,13-14,19H,1-2,6-8,10-11H2;2-10H,1H3/t13-,14+;/m1./s1. The molecule has 2 saturated heterocycles. The van der Waals surface area contributed by atoms with Crippen LogP contribution >= 0.6 is 0 Å². The van der Waals surface area contributed by atoms with Gasteiger partial charge in [-0.2, -0.15) is 0 Å². The number of nitrogens with zero attached hydrogens (tertiary/aromatic N) is 3. The number of hydrogen-bond donors (Lipinski definition) is 1. The van der Waals surface area contributed by atoms with E-state index < -0.39 is 0 Å². The third-order valence-electron chi connectivity index (χ3n) is 6.64. The summed E-state index contributed by atoms with van der Waals surface area (Å²) in [6.07, 6.45) is 6.42. The van der Waals surface area contributed by atoms with Crippen LogP contribution in [0.15, 0.2) is 79.1 Å². The quantitative estimate of drug-likeness (QED) is 0.651. The molecule has 2 aliphatic rings. The molecule has 2 aliphatic heterocycles. The zero-order valence-electron chi connectivity index (χ0n) is 19.3. The van der Waals surface area contributed by atoms with E-state index in [4.69, 9.17) is 0 Å². The molecule has 0 aliphatic carbocycles. The molecule has 0 bridgehead atoms. The summed E-state index contributed by atoms with van der Waals surface area (Å²) in [5.74, 6) is 0.0763. The van der Waals surface area contributed by atoms with E-state index in [1.165, 1.54) is 16.7 Å². The maximum Gasteiger partial charge on any atom is 0.255 e. The van der Waals surface area contributed by atoms with Crippen molar-refractivity contribution in [1.29, 1.82) is 0 Å². The number of aliphatic hydroxyl groups is 1.